The molecule has 0 saturated heterocycles. The molecule has 0 aliphatic carbocycles. The minimum atomic E-state index is -3.52. The Balaban J connectivity index is 2.49. The van der Waals surface area contributed by atoms with Crippen LogP contribution >= 0.6 is 0 Å². The third kappa shape index (κ3) is 5.94. The van der Waals surface area contributed by atoms with E-state index < -0.39 is 10.0 Å². The number of hydrogen-bond donors (Lipinski definition) is 2. The highest BCUT2D eigenvalue weighted by atomic mass is 32.2. The standard InChI is InChI=1S/C13H25N5O2S/c1-4-14-13-15-10-12(11-16-13)21(19,20)17-8-7-9-18(5-2)6-3/h10-11,17H,4-9H2,1-3H3,(H,14,15,16). The van der Waals surface area contributed by atoms with Crippen molar-refractivity contribution >= 4 is 16.0 Å². The molecule has 1 heterocycles. The highest BCUT2D eigenvalue weighted by molar-refractivity contribution is 7.89. The second kappa shape index (κ2) is 8.91. The molecule has 0 unspecified atom stereocenters. The molecule has 21 heavy (non-hydrogen) atoms. The van der Waals surface area contributed by atoms with E-state index in [1.165, 1.54) is 12.4 Å². The van der Waals surface area contributed by atoms with Crippen molar-refractivity contribution in [2.75, 3.05) is 38.0 Å². The van der Waals surface area contributed by atoms with Gasteiger partial charge in [-0.1, -0.05) is 13.8 Å². The van der Waals surface area contributed by atoms with Crippen LogP contribution < -0.4 is 10.0 Å². The van der Waals surface area contributed by atoms with Gasteiger partial charge in [0, 0.05) is 13.1 Å². The van der Waals surface area contributed by atoms with Crippen molar-refractivity contribution in [3.63, 3.8) is 0 Å². The van der Waals surface area contributed by atoms with E-state index in [0.29, 0.717) is 19.0 Å². The summed E-state index contributed by atoms with van der Waals surface area (Å²) in [5.41, 5.74) is 0. The minimum absolute atomic E-state index is 0.0898. The van der Waals surface area contributed by atoms with Crippen LogP contribution in [0.5, 0.6) is 0 Å². The van der Waals surface area contributed by atoms with Gasteiger partial charge >= 0.3 is 0 Å². The average molecular weight is 315 g/mol. The lowest BCUT2D eigenvalue weighted by molar-refractivity contribution is 0.300. The molecule has 0 atom stereocenters. The zero-order chi connectivity index (χ0) is 15.7. The molecule has 0 aromatic carbocycles. The van der Waals surface area contributed by atoms with Crippen molar-refractivity contribution in [2.24, 2.45) is 0 Å². The molecule has 0 spiro atoms. The minimum Gasteiger partial charge on any atom is -0.355 e. The molecule has 1 rings (SSSR count). The van der Waals surface area contributed by atoms with Gasteiger partial charge in [-0.15, -0.1) is 0 Å². The molecule has 0 aliphatic heterocycles. The van der Waals surface area contributed by atoms with Crippen molar-refractivity contribution in [3.8, 4) is 0 Å². The molecular weight excluding hydrogens is 290 g/mol. The molecule has 0 amide bonds. The zero-order valence-electron chi connectivity index (χ0n) is 13.0. The van der Waals surface area contributed by atoms with Gasteiger partial charge in [-0.3, -0.25) is 0 Å². The number of aromatic nitrogens is 2. The SMILES string of the molecule is CCNc1ncc(S(=O)(=O)NCCCN(CC)CC)cn1. The molecule has 7 nitrogen and oxygen atoms in total. The molecule has 0 bridgehead atoms. The van der Waals surface area contributed by atoms with Gasteiger partial charge < -0.3 is 10.2 Å². The summed E-state index contributed by atoms with van der Waals surface area (Å²) in [7, 11) is -3.52. The van der Waals surface area contributed by atoms with Gasteiger partial charge in [0.2, 0.25) is 16.0 Å². The largest absolute Gasteiger partial charge is 0.355 e. The molecule has 2 N–H and O–H groups in total. The summed E-state index contributed by atoms with van der Waals surface area (Å²) in [6.07, 6.45) is 3.41. The van der Waals surface area contributed by atoms with E-state index in [2.05, 4.69) is 38.8 Å². The zero-order valence-corrected chi connectivity index (χ0v) is 13.8. The molecule has 0 aliphatic rings. The van der Waals surface area contributed by atoms with Crippen molar-refractivity contribution < 1.29 is 8.42 Å². The van der Waals surface area contributed by atoms with Gasteiger partial charge in [-0.05, 0) is 33.0 Å². The van der Waals surface area contributed by atoms with Crippen LogP contribution in [0.3, 0.4) is 0 Å². The van der Waals surface area contributed by atoms with Gasteiger partial charge in [-0.25, -0.2) is 23.1 Å². The second-order valence-electron chi connectivity index (χ2n) is 4.55. The molecule has 0 radical (unpaired) electrons. The summed E-state index contributed by atoms with van der Waals surface area (Å²) in [6.45, 7) is 10.0. The lowest BCUT2D eigenvalue weighted by Gasteiger charge is -2.17. The first-order valence-corrected chi connectivity index (χ1v) is 8.79. The van der Waals surface area contributed by atoms with Crippen LogP contribution in [0.1, 0.15) is 27.2 Å². The number of nitrogens with one attached hydrogen (secondary N) is 2. The Morgan fingerprint density at radius 2 is 1.76 bits per heavy atom. The molecular formula is C13H25N5O2S. The van der Waals surface area contributed by atoms with Crippen LogP contribution in [0.2, 0.25) is 0 Å². The van der Waals surface area contributed by atoms with Gasteiger partial charge in [0.25, 0.3) is 0 Å². The molecule has 1 aromatic heterocycles. The van der Waals surface area contributed by atoms with Crippen LogP contribution in [-0.4, -0.2) is 56.0 Å². The van der Waals surface area contributed by atoms with Crippen LogP contribution in [0.15, 0.2) is 17.3 Å². The fourth-order valence-electron chi connectivity index (χ4n) is 1.84. The van der Waals surface area contributed by atoms with Crippen LogP contribution in [0.25, 0.3) is 0 Å². The van der Waals surface area contributed by atoms with Gasteiger partial charge in [0.1, 0.15) is 4.90 Å². The van der Waals surface area contributed by atoms with Crippen molar-refractivity contribution in [1.82, 2.24) is 19.6 Å². The normalized spacial score (nSPS) is 11.8. The van der Waals surface area contributed by atoms with Crippen LogP contribution in [0.4, 0.5) is 5.95 Å². The maximum absolute atomic E-state index is 12.1. The van der Waals surface area contributed by atoms with Crippen molar-refractivity contribution in [3.05, 3.63) is 12.4 Å². The number of anilines is 1. The Morgan fingerprint density at radius 3 is 2.29 bits per heavy atom. The molecule has 0 fully saturated rings. The Labute approximate surface area is 127 Å². The van der Waals surface area contributed by atoms with Crippen molar-refractivity contribution in [1.29, 1.82) is 0 Å². The first kappa shape index (κ1) is 17.8. The second-order valence-corrected chi connectivity index (χ2v) is 6.32. The quantitative estimate of drug-likeness (QED) is 0.624. The monoisotopic (exact) mass is 315 g/mol. The van der Waals surface area contributed by atoms with Crippen LogP contribution in [0, 0.1) is 0 Å². The number of nitrogens with zero attached hydrogens (tertiary/aromatic N) is 3. The van der Waals surface area contributed by atoms with E-state index in [-0.39, 0.29) is 4.90 Å². The summed E-state index contributed by atoms with van der Waals surface area (Å²) in [5.74, 6) is 0.429. The summed E-state index contributed by atoms with van der Waals surface area (Å²) >= 11 is 0. The predicted octanol–water partition coefficient (Wildman–Crippen LogP) is 0.919. The number of rotatable bonds is 10. The molecule has 0 saturated carbocycles. The smallest absolute Gasteiger partial charge is 0.243 e. The lowest BCUT2D eigenvalue weighted by atomic mass is 10.4. The van der Waals surface area contributed by atoms with E-state index in [0.717, 1.165) is 26.1 Å². The predicted molar refractivity (Wildman–Crippen MR) is 83.8 cm³/mol. The Morgan fingerprint density at radius 1 is 1.14 bits per heavy atom. The summed E-state index contributed by atoms with van der Waals surface area (Å²) in [6, 6.07) is 0. The van der Waals surface area contributed by atoms with E-state index in [1.54, 1.807) is 0 Å². The van der Waals surface area contributed by atoms with Gasteiger partial charge in [0.15, 0.2) is 0 Å². The van der Waals surface area contributed by atoms with E-state index in [4.69, 9.17) is 0 Å². The fourth-order valence-corrected chi connectivity index (χ4v) is 2.80. The fraction of sp³-hybridized carbons (Fsp3) is 0.692. The topological polar surface area (TPSA) is 87.2 Å². The third-order valence-corrected chi connectivity index (χ3v) is 4.53. The van der Waals surface area contributed by atoms with Crippen LogP contribution in [-0.2, 0) is 10.0 Å². The Hall–Kier alpha value is -1.25. The number of hydrogen-bond acceptors (Lipinski definition) is 6. The maximum atomic E-state index is 12.1. The van der Waals surface area contributed by atoms with Crippen molar-refractivity contribution in [2.45, 2.75) is 32.1 Å². The highest BCUT2D eigenvalue weighted by Crippen LogP contribution is 2.07. The molecule has 1 aromatic rings. The first-order valence-electron chi connectivity index (χ1n) is 7.31. The van der Waals surface area contributed by atoms with E-state index in [1.807, 2.05) is 6.92 Å². The third-order valence-electron chi connectivity index (χ3n) is 3.11. The van der Waals surface area contributed by atoms with E-state index >= 15 is 0 Å². The summed E-state index contributed by atoms with van der Waals surface area (Å²) < 4.78 is 26.7. The lowest BCUT2D eigenvalue weighted by Crippen LogP contribution is -2.30. The number of sulfonamides is 1. The molecule has 8 heteroatoms. The maximum Gasteiger partial charge on any atom is 0.243 e. The highest BCUT2D eigenvalue weighted by Gasteiger charge is 2.14. The average Bonchev–Trinajstić information content (AvgIpc) is 2.48. The van der Waals surface area contributed by atoms with Gasteiger partial charge in [0.05, 0.1) is 12.4 Å². The Bertz CT molecular complexity index is 500. The van der Waals surface area contributed by atoms with E-state index in [9.17, 15) is 8.42 Å². The molecule has 120 valence electrons. The summed E-state index contributed by atoms with van der Waals surface area (Å²) in [5, 5.41) is 2.92. The first-order chi connectivity index (χ1) is 10.0. The Kier molecular flexibility index (Phi) is 7.55. The van der Waals surface area contributed by atoms with Gasteiger partial charge in [-0.2, -0.15) is 0 Å². The summed E-state index contributed by atoms with van der Waals surface area (Å²) in [4.78, 5) is 10.3.